The fourth-order valence-electron chi connectivity index (χ4n) is 1.55. The van der Waals surface area contributed by atoms with E-state index in [0.29, 0.717) is 23.1 Å². The normalized spacial score (nSPS) is 11.2. The summed E-state index contributed by atoms with van der Waals surface area (Å²) in [5.41, 5.74) is 1.38. The Labute approximate surface area is 121 Å². The predicted octanol–water partition coefficient (Wildman–Crippen LogP) is 2.96. The second kappa shape index (κ2) is 6.77. The highest BCUT2D eigenvalue weighted by molar-refractivity contribution is 6.30. The van der Waals surface area contributed by atoms with Gasteiger partial charge in [-0.05, 0) is 24.6 Å². The van der Waals surface area contributed by atoms with E-state index in [1.165, 1.54) is 6.26 Å². The van der Waals surface area contributed by atoms with Crippen molar-refractivity contribution >= 4 is 23.3 Å². The van der Waals surface area contributed by atoms with Gasteiger partial charge in [-0.3, -0.25) is 4.79 Å². The molecule has 0 fully saturated rings. The Kier molecular flexibility index (Phi) is 4.79. The maximum atomic E-state index is 12.0. The summed E-state index contributed by atoms with van der Waals surface area (Å²) in [7, 11) is 0. The van der Waals surface area contributed by atoms with E-state index in [9.17, 15) is 4.79 Å². The van der Waals surface area contributed by atoms with E-state index >= 15 is 0 Å². The number of carbonyl (C=O) groups is 1. The van der Waals surface area contributed by atoms with Crippen molar-refractivity contribution in [2.75, 3.05) is 5.32 Å². The first kappa shape index (κ1) is 14.1. The van der Waals surface area contributed by atoms with Crippen LogP contribution in [0.3, 0.4) is 0 Å². The highest BCUT2D eigenvalue weighted by Crippen LogP contribution is 2.10. The first-order valence-corrected chi connectivity index (χ1v) is 6.43. The van der Waals surface area contributed by atoms with E-state index in [0.717, 1.165) is 5.56 Å². The topological polar surface area (TPSA) is 67.2 Å². The number of amides is 1. The van der Waals surface area contributed by atoms with Crippen LogP contribution in [0, 0.1) is 0 Å². The van der Waals surface area contributed by atoms with E-state index in [2.05, 4.69) is 15.8 Å². The van der Waals surface area contributed by atoms with Crippen molar-refractivity contribution in [1.82, 2.24) is 10.5 Å². The van der Waals surface area contributed by atoms with Gasteiger partial charge in [0.05, 0.1) is 0 Å². The van der Waals surface area contributed by atoms with Crippen LogP contribution in [0.2, 0.25) is 5.02 Å². The van der Waals surface area contributed by atoms with Crippen LogP contribution >= 0.6 is 11.6 Å². The molecule has 2 aromatic rings. The largest absolute Gasteiger partial charge is 0.363 e. The Morgan fingerprint density at radius 1 is 1.35 bits per heavy atom. The van der Waals surface area contributed by atoms with Crippen LogP contribution in [0.4, 0.5) is 5.82 Å². The molecule has 0 aliphatic heterocycles. The zero-order chi connectivity index (χ0) is 14.4. The summed E-state index contributed by atoms with van der Waals surface area (Å²) in [6, 6.07) is 8.93. The Morgan fingerprint density at radius 3 is 2.70 bits per heavy atom. The van der Waals surface area contributed by atoms with Crippen LogP contribution in [0.1, 0.15) is 12.5 Å². The van der Waals surface area contributed by atoms with E-state index < -0.39 is 0 Å². The number of nitrogens with one attached hydrogen (secondary N) is 2. The van der Waals surface area contributed by atoms with Crippen molar-refractivity contribution in [2.45, 2.75) is 13.5 Å². The Balaban J connectivity index is 1.91. The standard InChI is InChI=1S/C14H14ClN3O2/c1-2-12(17-13-7-8-20-18-13)14(19)16-9-10-3-5-11(15)6-4-10/h2-8H,9H2,1H3,(H,16,19)(H,17,18)/b12-2+. The highest BCUT2D eigenvalue weighted by atomic mass is 35.5. The summed E-state index contributed by atoms with van der Waals surface area (Å²) < 4.78 is 4.70. The first-order valence-electron chi connectivity index (χ1n) is 6.05. The number of hydrogen-bond donors (Lipinski definition) is 2. The molecule has 2 N–H and O–H groups in total. The molecule has 2 rings (SSSR count). The van der Waals surface area contributed by atoms with Crippen molar-refractivity contribution in [3.63, 3.8) is 0 Å². The number of carbonyl (C=O) groups excluding carboxylic acids is 1. The third-order valence-electron chi connectivity index (χ3n) is 2.60. The van der Waals surface area contributed by atoms with Gasteiger partial charge in [0, 0.05) is 17.6 Å². The summed E-state index contributed by atoms with van der Waals surface area (Å²) >= 11 is 5.80. The first-order chi connectivity index (χ1) is 9.69. The molecular formula is C14H14ClN3O2. The number of hydrogen-bond acceptors (Lipinski definition) is 4. The molecule has 1 amide bonds. The molecule has 0 radical (unpaired) electrons. The third-order valence-corrected chi connectivity index (χ3v) is 2.85. The molecule has 0 saturated heterocycles. The van der Waals surface area contributed by atoms with Gasteiger partial charge in [0.15, 0.2) is 5.82 Å². The molecule has 0 spiro atoms. The van der Waals surface area contributed by atoms with Gasteiger partial charge in [-0.2, -0.15) is 0 Å². The number of allylic oxidation sites excluding steroid dienone is 1. The molecule has 1 aromatic heterocycles. The van der Waals surface area contributed by atoms with Crippen LogP contribution in [-0.4, -0.2) is 11.1 Å². The monoisotopic (exact) mass is 291 g/mol. The van der Waals surface area contributed by atoms with Crippen molar-refractivity contribution in [1.29, 1.82) is 0 Å². The second-order valence-corrected chi connectivity index (χ2v) is 4.46. The number of halogens is 1. The van der Waals surface area contributed by atoms with Crippen molar-refractivity contribution < 1.29 is 9.32 Å². The van der Waals surface area contributed by atoms with Crippen LogP contribution < -0.4 is 10.6 Å². The maximum Gasteiger partial charge on any atom is 0.267 e. The fourth-order valence-corrected chi connectivity index (χ4v) is 1.68. The molecule has 104 valence electrons. The Bertz CT molecular complexity index is 591. The second-order valence-electron chi connectivity index (χ2n) is 4.02. The van der Waals surface area contributed by atoms with Gasteiger partial charge in [-0.1, -0.05) is 35.0 Å². The van der Waals surface area contributed by atoms with Crippen molar-refractivity contribution in [2.24, 2.45) is 0 Å². The quantitative estimate of drug-likeness (QED) is 0.831. The van der Waals surface area contributed by atoms with E-state index in [1.807, 2.05) is 12.1 Å². The number of benzene rings is 1. The average molecular weight is 292 g/mol. The molecule has 0 saturated carbocycles. The van der Waals surface area contributed by atoms with Gasteiger partial charge in [0.25, 0.3) is 5.91 Å². The molecule has 0 aliphatic rings. The summed E-state index contributed by atoms with van der Waals surface area (Å²) in [5, 5.41) is 10.0. The van der Waals surface area contributed by atoms with E-state index in [1.54, 1.807) is 31.2 Å². The average Bonchev–Trinajstić information content (AvgIpc) is 2.97. The van der Waals surface area contributed by atoms with Crippen LogP contribution in [-0.2, 0) is 11.3 Å². The minimum absolute atomic E-state index is 0.217. The SMILES string of the molecule is C/C=C(/Nc1ccon1)C(=O)NCc1ccc(Cl)cc1. The third kappa shape index (κ3) is 3.86. The zero-order valence-corrected chi connectivity index (χ0v) is 11.6. The molecule has 1 heterocycles. The van der Waals surface area contributed by atoms with Gasteiger partial charge in [0.1, 0.15) is 12.0 Å². The number of aromatic nitrogens is 1. The lowest BCUT2D eigenvalue weighted by atomic mass is 10.2. The molecule has 20 heavy (non-hydrogen) atoms. The molecule has 0 bridgehead atoms. The smallest absolute Gasteiger partial charge is 0.267 e. The van der Waals surface area contributed by atoms with Crippen LogP contribution in [0.5, 0.6) is 0 Å². The minimum Gasteiger partial charge on any atom is -0.363 e. The molecule has 6 heteroatoms. The highest BCUT2D eigenvalue weighted by Gasteiger charge is 2.09. The summed E-state index contributed by atoms with van der Waals surface area (Å²) in [4.78, 5) is 12.0. The predicted molar refractivity (Wildman–Crippen MR) is 77.2 cm³/mol. The molecule has 1 aromatic carbocycles. The van der Waals surface area contributed by atoms with Gasteiger partial charge >= 0.3 is 0 Å². The Morgan fingerprint density at radius 2 is 2.10 bits per heavy atom. The number of nitrogens with zero attached hydrogens (tertiary/aromatic N) is 1. The summed E-state index contributed by atoms with van der Waals surface area (Å²) in [5.74, 6) is 0.269. The minimum atomic E-state index is -0.217. The van der Waals surface area contributed by atoms with Gasteiger partial charge in [-0.25, -0.2) is 0 Å². The van der Waals surface area contributed by atoms with Crippen LogP contribution in [0.15, 0.2) is 52.9 Å². The maximum absolute atomic E-state index is 12.0. The summed E-state index contributed by atoms with van der Waals surface area (Å²) in [6.45, 7) is 2.19. The Hall–Kier alpha value is -2.27. The lowest BCUT2D eigenvalue weighted by Crippen LogP contribution is -2.27. The fraction of sp³-hybridized carbons (Fsp3) is 0.143. The molecule has 0 aliphatic carbocycles. The lowest BCUT2D eigenvalue weighted by molar-refractivity contribution is -0.117. The van der Waals surface area contributed by atoms with Crippen molar-refractivity contribution in [3.05, 3.63) is 59.0 Å². The number of anilines is 1. The molecule has 5 nitrogen and oxygen atoms in total. The van der Waals surface area contributed by atoms with Gasteiger partial charge < -0.3 is 15.2 Å². The van der Waals surface area contributed by atoms with E-state index in [4.69, 9.17) is 16.1 Å². The summed E-state index contributed by atoms with van der Waals surface area (Å²) in [6.07, 6.45) is 3.10. The molecule has 0 atom stereocenters. The van der Waals surface area contributed by atoms with Crippen LogP contribution in [0.25, 0.3) is 0 Å². The molecular weight excluding hydrogens is 278 g/mol. The van der Waals surface area contributed by atoms with Gasteiger partial charge in [-0.15, -0.1) is 0 Å². The zero-order valence-electron chi connectivity index (χ0n) is 10.9. The lowest BCUT2D eigenvalue weighted by Gasteiger charge is -2.09. The number of rotatable bonds is 5. The van der Waals surface area contributed by atoms with E-state index in [-0.39, 0.29) is 5.91 Å². The molecule has 0 unspecified atom stereocenters. The van der Waals surface area contributed by atoms with Gasteiger partial charge in [0.2, 0.25) is 0 Å². The van der Waals surface area contributed by atoms with Crippen molar-refractivity contribution in [3.8, 4) is 0 Å².